The van der Waals surface area contributed by atoms with Crippen LogP contribution in [0.1, 0.15) is 11.9 Å². The molecule has 0 aliphatic rings. The zero-order valence-corrected chi connectivity index (χ0v) is 9.08. The Morgan fingerprint density at radius 1 is 1.40 bits per heavy atom. The van der Waals surface area contributed by atoms with Crippen LogP contribution in [0.25, 0.3) is 16.3 Å². The SMILES string of the molecule is C=C(C)c1nnc(-c2cccc(N)n2)s1. The highest BCUT2D eigenvalue weighted by atomic mass is 32.1. The molecule has 2 rings (SSSR count). The Bertz CT molecular complexity index is 504. The summed E-state index contributed by atoms with van der Waals surface area (Å²) in [4.78, 5) is 4.17. The van der Waals surface area contributed by atoms with Crippen LogP contribution in [0.3, 0.4) is 0 Å². The summed E-state index contributed by atoms with van der Waals surface area (Å²) in [6.07, 6.45) is 0. The molecule has 0 atom stereocenters. The lowest BCUT2D eigenvalue weighted by Crippen LogP contribution is -1.90. The van der Waals surface area contributed by atoms with E-state index in [0.29, 0.717) is 5.82 Å². The third-order valence-electron chi connectivity index (χ3n) is 1.78. The van der Waals surface area contributed by atoms with E-state index < -0.39 is 0 Å². The molecule has 2 aromatic rings. The minimum absolute atomic E-state index is 0.486. The first-order valence-electron chi connectivity index (χ1n) is 4.39. The van der Waals surface area contributed by atoms with Crippen LogP contribution in [0.4, 0.5) is 5.82 Å². The maximum Gasteiger partial charge on any atom is 0.166 e. The normalized spacial score (nSPS) is 10.2. The smallest absolute Gasteiger partial charge is 0.166 e. The summed E-state index contributed by atoms with van der Waals surface area (Å²) in [7, 11) is 0. The van der Waals surface area contributed by atoms with Gasteiger partial charge in [0.2, 0.25) is 0 Å². The van der Waals surface area contributed by atoms with E-state index >= 15 is 0 Å². The molecule has 0 spiro atoms. The molecule has 0 amide bonds. The number of pyridine rings is 1. The number of hydrogen-bond acceptors (Lipinski definition) is 5. The standard InChI is InChI=1S/C10H10N4S/c1-6(2)9-13-14-10(15-9)7-4-3-5-8(11)12-7/h3-5H,1H2,2H3,(H2,11,12). The molecule has 0 unspecified atom stereocenters. The van der Waals surface area contributed by atoms with Gasteiger partial charge in [-0.25, -0.2) is 4.98 Å². The monoisotopic (exact) mass is 218 g/mol. The number of nitrogens with two attached hydrogens (primary N) is 1. The van der Waals surface area contributed by atoms with E-state index in [2.05, 4.69) is 21.8 Å². The second kappa shape index (κ2) is 3.78. The number of aromatic nitrogens is 3. The second-order valence-corrected chi connectivity index (χ2v) is 4.12. The van der Waals surface area contributed by atoms with E-state index in [-0.39, 0.29) is 0 Å². The molecule has 76 valence electrons. The zero-order valence-electron chi connectivity index (χ0n) is 8.27. The van der Waals surface area contributed by atoms with Crippen LogP contribution in [0.5, 0.6) is 0 Å². The van der Waals surface area contributed by atoms with Crippen molar-refractivity contribution in [2.75, 3.05) is 5.73 Å². The molecule has 0 aliphatic carbocycles. The zero-order chi connectivity index (χ0) is 10.8. The van der Waals surface area contributed by atoms with Gasteiger partial charge >= 0.3 is 0 Å². The lowest BCUT2D eigenvalue weighted by atomic mass is 10.3. The first-order chi connectivity index (χ1) is 7.16. The largest absolute Gasteiger partial charge is 0.384 e. The molecule has 2 heterocycles. The molecule has 15 heavy (non-hydrogen) atoms. The molecule has 0 radical (unpaired) electrons. The molecule has 0 aromatic carbocycles. The highest BCUT2D eigenvalue weighted by molar-refractivity contribution is 7.15. The van der Waals surface area contributed by atoms with E-state index in [1.165, 1.54) is 11.3 Å². The highest BCUT2D eigenvalue weighted by Gasteiger charge is 2.07. The maximum absolute atomic E-state index is 5.59. The highest BCUT2D eigenvalue weighted by Crippen LogP contribution is 2.25. The Hall–Kier alpha value is -1.75. The van der Waals surface area contributed by atoms with Crippen molar-refractivity contribution in [3.8, 4) is 10.7 Å². The quantitative estimate of drug-likeness (QED) is 0.839. The van der Waals surface area contributed by atoms with Gasteiger partial charge in [0.1, 0.15) is 16.5 Å². The van der Waals surface area contributed by atoms with E-state index in [4.69, 9.17) is 5.73 Å². The lowest BCUT2D eigenvalue weighted by Gasteiger charge is -1.95. The van der Waals surface area contributed by atoms with Gasteiger partial charge in [-0.1, -0.05) is 24.0 Å². The van der Waals surface area contributed by atoms with Gasteiger partial charge in [-0.3, -0.25) is 0 Å². The summed E-state index contributed by atoms with van der Waals surface area (Å²) < 4.78 is 0. The van der Waals surface area contributed by atoms with Crippen molar-refractivity contribution in [2.45, 2.75) is 6.92 Å². The minimum atomic E-state index is 0.486. The van der Waals surface area contributed by atoms with Gasteiger partial charge in [-0.2, -0.15) is 0 Å². The fraction of sp³-hybridized carbons (Fsp3) is 0.100. The first kappa shape index (κ1) is 9.79. The number of anilines is 1. The van der Waals surface area contributed by atoms with Crippen molar-refractivity contribution in [2.24, 2.45) is 0 Å². The van der Waals surface area contributed by atoms with Crippen LogP contribution in [-0.4, -0.2) is 15.2 Å². The van der Waals surface area contributed by atoms with Crippen molar-refractivity contribution in [3.05, 3.63) is 29.8 Å². The number of hydrogen-bond donors (Lipinski definition) is 1. The molecular weight excluding hydrogens is 208 g/mol. The molecule has 0 saturated heterocycles. The van der Waals surface area contributed by atoms with E-state index in [1.54, 1.807) is 6.07 Å². The van der Waals surface area contributed by atoms with Gasteiger partial charge in [-0.05, 0) is 24.6 Å². The summed E-state index contributed by atoms with van der Waals surface area (Å²) in [6, 6.07) is 5.45. The molecule has 0 fully saturated rings. The molecule has 2 N–H and O–H groups in total. The lowest BCUT2D eigenvalue weighted by molar-refractivity contribution is 1.07. The minimum Gasteiger partial charge on any atom is -0.384 e. The van der Waals surface area contributed by atoms with Crippen LogP contribution in [0.15, 0.2) is 24.8 Å². The Kier molecular flexibility index (Phi) is 2.47. The summed E-state index contributed by atoms with van der Waals surface area (Å²) in [5, 5.41) is 9.64. The van der Waals surface area contributed by atoms with Crippen molar-refractivity contribution >= 4 is 22.7 Å². The Balaban J connectivity index is 2.41. The molecule has 5 heteroatoms. The molecule has 0 saturated carbocycles. The Morgan fingerprint density at radius 2 is 2.20 bits per heavy atom. The summed E-state index contributed by atoms with van der Waals surface area (Å²) in [5.74, 6) is 0.486. The van der Waals surface area contributed by atoms with Gasteiger partial charge in [-0.15, -0.1) is 10.2 Å². The van der Waals surface area contributed by atoms with Gasteiger partial charge in [0.15, 0.2) is 5.01 Å². The van der Waals surface area contributed by atoms with Crippen molar-refractivity contribution < 1.29 is 0 Å². The van der Waals surface area contributed by atoms with Gasteiger partial charge in [0.05, 0.1) is 0 Å². The van der Waals surface area contributed by atoms with Crippen LogP contribution >= 0.6 is 11.3 Å². The van der Waals surface area contributed by atoms with Crippen molar-refractivity contribution in [1.29, 1.82) is 0 Å². The van der Waals surface area contributed by atoms with Gasteiger partial charge in [0.25, 0.3) is 0 Å². The number of nitrogens with zero attached hydrogens (tertiary/aromatic N) is 3. The van der Waals surface area contributed by atoms with E-state index in [0.717, 1.165) is 21.3 Å². The predicted octanol–water partition coefficient (Wildman–Crippen LogP) is 2.22. The molecule has 2 aromatic heterocycles. The second-order valence-electron chi connectivity index (χ2n) is 3.14. The fourth-order valence-electron chi connectivity index (χ4n) is 1.07. The summed E-state index contributed by atoms with van der Waals surface area (Å²) >= 11 is 1.46. The first-order valence-corrected chi connectivity index (χ1v) is 5.21. The molecule has 0 bridgehead atoms. The van der Waals surface area contributed by atoms with Gasteiger partial charge < -0.3 is 5.73 Å². The van der Waals surface area contributed by atoms with Crippen molar-refractivity contribution in [1.82, 2.24) is 15.2 Å². The Labute approximate surface area is 91.5 Å². The summed E-state index contributed by atoms with van der Waals surface area (Å²) in [6.45, 7) is 5.71. The third-order valence-corrected chi connectivity index (χ3v) is 2.89. The average molecular weight is 218 g/mol. The average Bonchev–Trinajstić information content (AvgIpc) is 2.66. The van der Waals surface area contributed by atoms with Crippen LogP contribution in [-0.2, 0) is 0 Å². The van der Waals surface area contributed by atoms with Gasteiger partial charge in [0, 0.05) is 0 Å². The van der Waals surface area contributed by atoms with E-state index in [1.807, 2.05) is 19.1 Å². The molecule has 0 aliphatic heterocycles. The number of nitrogen functional groups attached to an aromatic ring is 1. The third kappa shape index (κ3) is 2.02. The number of rotatable bonds is 2. The topological polar surface area (TPSA) is 64.7 Å². The van der Waals surface area contributed by atoms with Crippen molar-refractivity contribution in [3.63, 3.8) is 0 Å². The summed E-state index contributed by atoms with van der Waals surface area (Å²) in [5.41, 5.74) is 7.25. The molecule has 4 nitrogen and oxygen atoms in total. The fourth-order valence-corrected chi connectivity index (χ4v) is 1.81. The number of allylic oxidation sites excluding steroid dienone is 1. The van der Waals surface area contributed by atoms with E-state index in [9.17, 15) is 0 Å². The Morgan fingerprint density at radius 3 is 2.80 bits per heavy atom. The van der Waals surface area contributed by atoms with Crippen LogP contribution < -0.4 is 5.73 Å². The molecular formula is C10H10N4S. The van der Waals surface area contributed by atoms with Crippen LogP contribution in [0, 0.1) is 0 Å². The maximum atomic E-state index is 5.59. The predicted molar refractivity (Wildman–Crippen MR) is 62.3 cm³/mol. The van der Waals surface area contributed by atoms with Crippen LogP contribution in [0.2, 0.25) is 0 Å².